The number of aryl methyl sites for hydroxylation is 1. The Hall–Kier alpha value is -1.51. The lowest BCUT2D eigenvalue weighted by Gasteiger charge is -2.14. The lowest BCUT2D eigenvalue weighted by Crippen LogP contribution is -2.28. The maximum atomic E-state index is 13.2. The summed E-state index contributed by atoms with van der Waals surface area (Å²) in [6.07, 6.45) is 1.45. The highest BCUT2D eigenvalue weighted by molar-refractivity contribution is 7.89. The minimum Gasteiger partial charge on any atom is -0.319 e. The number of benzene rings is 1. The van der Waals surface area contributed by atoms with Gasteiger partial charge in [0.15, 0.2) is 0 Å². The highest BCUT2D eigenvalue weighted by Crippen LogP contribution is 2.23. The van der Waals surface area contributed by atoms with Crippen molar-refractivity contribution in [2.75, 3.05) is 0 Å². The first-order valence-electron chi connectivity index (χ1n) is 5.62. The number of nitrogens with zero attached hydrogens (tertiary/aromatic N) is 3. The summed E-state index contributed by atoms with van der Waals surface area (Å²) in [5, 5.41) is 7.43. The summed E-state index contributed by atoms with van der Waals surface area (Å²) in [5.41, 5.74) is 0. The SMILES string of the molecule is C[C@H](NS(=O)(=O)c1cc(F)ccc1Cl)c1nncn1C. The average molecular weight is 319 g/mol. The average Bonchev–Trinajstić information content (AvgIpc) is 2.78. The van der Waals surface area contributed by atoms with Gasteiger partial charge in [0.25, 0.3) is 0 Å². The topological polar surface area (TPSA) is 76.9 Å². The lowest BCUT2D eigenvalue weighted by molar-refractivity contribution is 0.551. The molecule has 2 rings (SSSR count). The standard InChI is InChI=1S/C11H12ClFN4O2S/c1-7(11-15-14-6-17(11)2)16-20(18,19)10-5-8(13)3-4-9(10)12/h3-7,16H,1-2H3/t7-/m0/s1. The minimum atomic E-state index is -3.96. The molecule has 6 nitrogen and oxygen atoms in total. The molecule has 2 aromatic rings. The normalized spacial score (nSPS) is 13.4. The fourth-order valence-electron chi connectivity index (χ4n) is 1.72. The van der Waals surface area contributed by atoms with E-state index in [0.29, 0.717) is 5.82 Å². The Balaban J connectivity index is 2.32. The Morgan fingerprint density at radius 1 is 1.45 bits per heavy atom. The zero-order chi connectivity index (χ0) is 14.9. The number of aromatic nitrogens is 3. The molecule has 0 aliphatic heterocycles. The Labute approximate surface area is 120 Å². The number of hydrogen-bond acceptors (Lipinski definition) is 4. The number of hydrogen-bond donors (Lipinski definition) is 1. The molecular weight excluding hydrogens is 307 g/mol. The Bertz CT molecular complexity index is 732. The van der Waals surface area contributed by atoms with E-state index in [-0.39, 0.29) is 9.92 Å². The van der Waals surface area contributed by atoms with Crippen molar-refractivity contribution in [2.45, 2.75) is 17.9 Å². The van der Waals surface area contributed by atoms with E-state index < -0.39 is 21.9 Å². The van der Waals surface area contributed by atoms with Crippen molar-refractivity contribution in [1.29, 1.82) is 0 Å². The fourth-order valence-corrected chi connectivity index (χ4v) is 3.43. The lowest BCUT2D eigenvalue weighted by atomic mass is 10.3. The first-order valence-corrected chi connectivity index (χ1v) is 7.48. The Morgan fingerprint density at radius 3 is 2.75 bits per heavy atom. The van der Waals surface area contributed by atoms with E-state index in [0.717, 1.165) is 12.1 Å². The molecule has 0 aliphatic carbocycles. The van der Waals surface area contributed by atoms with Gasteiger partial charge in [-0.05, 0) is 25.1 Å². The number of sulfonamides is 1. The van der Waals surface area contributed by atoms with E-state index in [9.17, 15) is 12.8 Å². The van der Waals surface area contributed by atoms with E-state index in [2.05, 4.69) is 14.9 Å². The third-order valence-corrected chi connectivity index (χ3v) is 4.67. The molecule has 0 bridgehead atoms. The van der Waals surface area contributed by atoms with Crippen LogP contribution in [0.15, 0.2) is 29.4 Å². The highest BCUT2D eigenvalue weighted by Gasteiger charge is 2.23. The predicted octanol–water partition coefficient (Wildman–Crippen LogP) is 1.65. The van der Waals surface area contributed by atoms with Crippen LogP contribution in [0.4, 0.5) is 4.39 Å². The maximum absolute atomic E-state index is 13.2. The summed E-state index contributed by atoms with van der Waals surface area (Å²) in [6, 6.07) is 2.52. The first-order chi connectivity index (χ1) is 9.31. The third kappa shape index (κ3) is 2.97. The fraction of sp³-hybridized carbons (Fsp3) is 0.273. The molecule has 0 spiro atoms. The van der Waals surface area contributed by atoms with Crippen LogP contribution in [0.25, 0.3) is 0 Å². The van der Waals surface area contributed by atoms with E-state index in [1.165, 1.54) is 12.4 Å². The van der Waals surface area contributed by atoms with Gasteiger partial charge in [0.05, 0.1) is 11.1 Å². The van der Waals surface area contributed by atoms with Gasteiger partial charge in [0.1, 0.15) is 22.9 Å². The van der Waals surface area contributed by atoms with Gasteiger partial charge in [0, 0.05) is 7.05 Å². The molecule has 1 aromatic heterocycles. The van der Waals surface area contributed by atoms with Crippen LogP contribution in [-0.2, 0) is 17.1 Å². The van der Waals surface area contributed by atoms with Crippen molar-refractivity contribution in [3.05, 3.63) is 41.2 Å². The van der Waals surface area contributed by atoms with Crippen LogP contribution in [0.5, 0.6) is 0 Å². The van der Waals surface area contributed by atoms with Crippen molar-refractivity contribution < 1.29 is 12.8 Å². The molecule has 20 heavy (non-hydrogen) atoms. The van der Waals surface area contributed by atoms with Crippen molar-refractivity contribution >= 4 is 21.6 Å². The molecule has 1 aromatic carbocycles. The smallest absolute Gasteiger partial charge is 0.242 e. The summed E-state index contributed by atoms with van der Waals surface area (Å²) in [5.74, 6) is -0.248. The van der Waals surface area contributed by atoms with Gasteiger partial charge < -0.3 is 4.57 Å². The van der Waals surface area contributed by atoms with Gasteiger partial charge in [-0.15, -0.1) is 10.2 Å². The van der Waals surface area contributed by atoms with Gasteiger partial charge in [-0.1, -0.05) is 11.6 Å². The van der Waals surface area contributed by atoms with Crippen LogP contribution >= 0.6 is 11.6 Å². The summed E-state index contributed by atoms with van der Waals surface area (Å²) in [7, 11) is -2.27. The maximum Gasteiger partial charge on any atom is 0.242 e. The molecule has 0 saturated heterocycles. The quantitative estimate of drug-likeness (QED) is 0.930. The second-order valence-electron chi connectivity index (χ2n) is 4.22. The first kappa shape index (κ1) is 14.9. The number of halogens is 2. The highest BCUT2D eigenvalue weighted by atomic mass is 35.5. The second kappa shape index (κ2) is 5.47. The third-order valence-electron chi connectivity index (χ3n) is 2.65. The predicted molar refractivity (Wildman–Crippen MR) is 71.1 cm³/mol. The van der Waals surface area contributed by atoms with Gasteiger partial charge in [-0.25, -0.2) is 17.5 Å². The molecule has 0 aliphatic rings. The molecule has 0 amide bonds. The zero-order valence-corrected chi connectivity index (χ0v) is 12.3. The van der Waals surface area contributed by atoms with E-state index in [4.69, 9.17) is 11.6 Å². The summed E-state index contributed by atoms with van der Waals surface area (Å²) < 4.78 is 41.5. The molecule has 0 radical (unpaired) electrons. The monoisotopic (exact) mass is 318 g/mol. The molecule has 1 atom stereocenters. The Morgan fingerprint density at radius 2 is 2.15 bits per heavy atom. The molecule has 108 valence electrons. The van der Waals surface area contributed by atoms with Crippen LogP contribution in [0.2, 0.25) is 5.02 Å². The van der Waals surface area contributed by atoms with Gasteiger partial charge in [-0.3, -0.25) is 0 Å². The number of nitrogens with one attached hydrogen (secondary N) is 1. The van der Waals surface area contributed by atoms with Crippen LogP contribution in [0.1, 0.15) is 18.8 Å². The number of rotatable bonds is 4. The zero-order valence-electron chi connectivity index (χ0n) is 10.7. The molecule has 0 saturated carbocycles. The molecule has 0 fully saturated rings. The van der Waals surface area contributed by atoms with Crippen LogP contribution < -0.4 is 4.72 Å². The van der Waals surface area contributed by atoms with Gasteiger partial charge in [-0.2, -0.15) is 0 Å². The van der Waals surface area contributed by atoms with Crippen LogP contribution in [0, 0.1) is 5.82 Å². The second-order valence-corrected chi connectivity index (χ2v) is 6.31. The largest absolute Gasteiger partial charge is 0.319 e. The molecule has 1 heterocycles. The van der Waals surface area contributed by atoms with Crippen molar-refractivity contribution in [3.8, 4) is 0 Å². The Kier molecular flexibility index (Phi) is 4.07. The van der Waals surface area contributed by atoms with Crippen molar-refractivity contribution in [2.24, 2.45) is 7.05 Å². The van der Waals surface area contributed by atoms with E-state index in [1.54, 1.807) is 18.5 Å². The summed E-state index contributed by atoms with van der Waals surface area (Å²) >= 11 is 5.80. The summed E-state index contributed by atoms with van der Waals surface area (Å²) in [4.78, 5) is -0.312. The van der Waals surface area contributed by atoms with Gasteiger partial charge in [0.2, 0.25) is 10.0 Å². The van der Waals surface area contributed by atoms with Crippen LogP contribution in [-0.4, -0.2) is 23.2 Å². The minimum absolute atomic E-state index is 0.0518. The van der Waals surface area contributed by atoms with E-state index in [1.807, 2.05) is 0 Å². The van der Waals surface area contributed by atoms with Crippen LogP contribution in [0.3, 0.4) is 0 Å². The van der Waals surface area contributed by atoms with E-state index >= 15 is 0 Å². The van der Waals surface area contributed by atoms with Crippen molar-refractivity contribution in [1.82, 2.24) is 19.5 Å². The molecule has 9 heteroatoms. The van der Waals surface area contributed by atoms with Crippen molar-refractivity contribution in [3.63, 3.8) is 0 Å². The molecule has 1 N–H and O–H groups in total. The molecular formula is C11H12ClFN4O2S. The summed E-state index contributed by atoms with van der Waals surface area (Å²) in [6.45, 7) is 1.61. The van der Waals surface area contributed by atoms with Gasteiger partial charge >= 0.3 is 0 Å². The molecule has 0 unspecified atom stereocenters.